The molecule has 0 aliphatic rings. The van der Waals surface area contributed by atoms with Gasteiger partial charge in [0.05, 0.1) is 0 Å². The second-order valence-corrected chi connectivity index (χ2v) is 14.1. The second-order valence-electron chi connectivity index (χ2n) is 14.1. The topological polar surface area (TPSA) is 3.24 Å². The number of fused-ring (bicyclic) bond motifs is 4. The van der Waals surface area contributed by atoms with E-state index in [-0.39, 0.29) is 0 Å². The Morgan fingerprint density at radius 1 is 0.218 bits per heavy atom. The number of rotatable bonds is 7. The molecule has 10 rings (SSSR count). The molecule has 0 atom stereocenters. The van der Waals surface area contributed by atoms with Gasteiger partial charge in [0, 0.05) is 17.1 Å². The normalized spacial score (nSPS) is 11.3. The molecule has 0 amide bonds. The molecule has 0 heterocycles. The Labute approximate surface area is 322 Å². The van der Waals surface area contributed by atoms with Crippen LogP contribution in [0.25, 0.3) is 76.8 Å². The van der Waals surface area contributed by atoms with Gasteiger partial charge in [0.1, 0.15) is 0 Å². The van der Waals surface area contributed by atoms with Crippen LogP contribution in [-0.2, 0) is 0 Å². The molecule has 0 saturated heterocycles. The third-order valence-corrected chi connectivity index (χ3v) is 10.8. The lowest BCUT2D eigenvalue weighted by molar-refractivity contribution is 1.28. The van der Waals surface area contributed by atoms with Crippen molar-refractivity contribution in [3.8, 4) is 44.5 Å². The zero-order valence-electron chi connectivity index (χ0n) is 30.3. The largest absolute Gasteiger partial charge is 0.310 e. The van der Waals surface area contributed by atoms with E-state index in [1.54, 1.807) is 0 Å². The minimum absolute atomic E-state index is 1.09. The maximum absolute atomic E-state index is 2.40. The zero-order chi connectivity index (χ0) is 36.6. The summed E-state index contributed by atoms with van der Waals surface area (Å²) in [5.41, 5.74) is 12.9. The molecule has 10 aromatic carbocycles. The monoisotopic (exact) mass is 699 g/mol. The molecule has 1 heteroatoms. The van der Waals surface area contributed by atoms with Crippen LogP contribution in [0.3, 0.4) is 0 Å². The third-order valence-electron chi connectivity index (χ3n) is 10.8. The second kappa shape index (κ2) is 14.0. The van der Waals surface area contributed by atoms with Crippen LogP contribution in [0.1, 0.15) is 0 Å². The molecule has 0 bridgehead atoms. The van der Waals surface area contributed by atoms with E-state index in [0.29, 0.717) is 0 Å². The Kier molecular flexibility index (Phi) is 8.24. The maximum atomic E-state index is 2.40. The van der Waals surface area contributed by atoms with Gasteiger partial charge in [0.15, 0.2) is 0 Å². The Hall–Kier alpha value is -7.22. The smallest absolute Gasteiger partial charge is 0.0468 e. The standard InChI is InChI=1S/C54H37N/c1-3-15-40(16-4-1)50-33-32-48(37-54(50)41-17-5-2-6-18-41)55(46-30-28-39(29-31-46)43-27-26-38-14-7-8-19-42(38)34-43)47-22-13-21-44(35-47)53-36-45-20-9-10-23-49(45)51-24-11-12-25-52(51)53/h1-37H. The highest BCUT2D eigenvalue weighted by atomic mass is 15.1. The first-order chi connectivity index (χ1) is 27.3. The lowest BCUT2D eigenvalue weighted by Crippen LogP contribution is -2.10. The summed E-state index contributed by atoms with van der Waals surface area (Å²) < 4.78 is 0. The fourth-order valence-electron chi connectivity index (χ4n) is 8.12. The van der Waals surface area contributed by atoms with Gasteiger partial charge in [-0.25, -0.2) is 0 Å². The summed E-state index contributed by atoms with van der Waals surface area (Å²) in [6.45, 7) is 0. The predicted octanol–water partition coefficient (Wildman–Crippen LogP) is 15.3. The fourth-order valence-corrected chi connectivity index (χ4v) is 8.12. The number of hydrogen-bond donors (Lipinski definition) is 0. The van der Waals surface area contributed by atoms with Gasteiger partial charge in [-0.1, -0.05) is 176 Å². The van der Waals surface area contributed by atoms with E-state index in [9.17, 15) is 0 Å². The minimum atomic E-state index is 1.09. The lowest BCUT2D eigenvalue weighted by atomic mass is 9.92. The highest BCUT2D eigenvalue weighted by Crippen LogP contribution is 2.43. The molecule has 0 saturated carbocycles. The highest BCUT2D eigenvalue weighted by molar-refractivity contribution is 6.14. The molecule has 0 spiro atoms. The van der Waals surface area contributed by atoms with Crippen molar-refractivity contribution in [3.05, 3.63) is 224 Å². The van der Waals surface area contributed by atoms with Gasteiger partial charge in [0.2, 0.25) is 0 Å². The Bertz CT molecular complexity index is 2960. The molecule has 0 aliphatic carbocycles. The SMILES string of the molecule is c1ccc(-c2ccc(N(c3ccc(-c4ccc5ccccc5c4)cc3)c3cccc(-c4cc5ccccc5c5ccccc45)c3)cc2-c2ccccc2)cc1. The molecular formula is C54H37N. The van der Waals surface area contributed by atoms with Crippen molar-refractivity contribution >= 4 is 49.4 Å². The predicted molar refractivity (Wildman–Crippen MR) is 235 cm³/mol. The van der Waals surface area contributed by atoms with E-state index in [4.69, 9.17) is 0 Å². The molecule has 258 valence electrons. The van der Waals surface area contributed by atoms with E-state index >= 15 is 0 Å². The molecule has 55 heavy (non-hydrogen) atoms. The van der Waals surface area contributed by atoms with Crippen molar-refractivity contribution in [1.29, 1.82) is 0 Å². The van der Waals surface area contributed by atoms with Crippen LogP contribution in [0, 0.1) is 0 Å². The summed E-state index contributed by atoms with van der Waals surface area (Å²) in [5.74, 6) is 0. The summed E-state index contributed by atoms with van der Waals surface area (Å²) in [6.07, 6.45) is 0. The molecule has 0 radical (unpaired) electrons. The van der Waals surface area contributed by atoms with E-state index in [1.165, 1.54) is 76.8 Å². The quantitative estimate of drug-likeness (QED) is 0.150. The number of anilines is 3. The molecule has 0 N–H and O–H groups in total. The van der Waals surface area contributed by atoms with Gasteiger partial charge >= 0.3 is 0 Å². The summed E-state index contributed by atoms with van der Waals surface area (Å²) in [7, 11) is 0. The average molecular weight is 700 g/mol. The van der Waals surface area contributed by atoms with E-state index < -0.39 is 0 Å². The van der Waals surface area contributed by atoms with Gasteiger partial charge in [-0.3, -0.25) is 0 Å². The first kappa shape index (κ1) is 32.4. The van der Waals surface area contributed by atoms with E-state index in [0.717, 1.165) is 17.1 Å². The van der Waals surface area contributed by atoms with Crippen LogP contribution in [0.5, 0.6) is 0 Å². The molecular weight excluding hydrogens is 663 g/mol. The molecule has 0 aliphatic heterocycles. The Morgan fingerprint density at radius 2 is 0.782 bits per heavy atom. The number of hydrogen-bond acceptors (Lipinski definition) is 1. The van der Waals surface area contributed by atoms with Crippen LogP contribution < -0.4 is 4.90 Å². The number of benzene rings is 10. The third kappa shape index (κ3) is 6.12. The average Bonchev–Trinajstić information content (AvgIpc) is 3.27. The van der Waals surface area contributed by atoms with Crippen molar-refractivity contribution in [2.24, 2.45) is 0 Å². The van der Waals surface area contributed by atoms with Crippen molar-refractivity contribution in [2.45, 2.75) is 0 Å². The van der Waals surface area contributed by atoms with Gasteiger partial charge in [-0.2, -0.15) is 0 Å². The van der Waals surface area contributed by atoms with Gasteiger partial charge in [0.25, 0.3) is 0 Å². The van der Waals surface area contributed by atoms with Crippen LogP contribution in [-0.4, -0.2) is 0 Å². The highest BCUT2D eigenvalue weighted by Gasteiger charge is 2.18. The molecule has 10 aromatic rings. The van der Waals surface area contributed by atoms with Crippen molar-refractivity contribution in [2.75, 3.05) is 4.90 Å². The molecule has 0 unspecified atom stereocenters. The fraction of sp³-hybridized carbons (Fsp3) is 0. The van der Waals surface area contributed by atoms with E-state index in [2.05, 4.69) is 229 Å². The first-order valence-electron chi connectivity index (χ1n) is 18.9. The summed E-state index contributed by atoms with van der Waals surface area (Å²) in [5, 5.41) is 7.54. The van der Waals surface area contributed by atoms with Gasteiger partial charge in [-0.15, -0.1) is 0 Å². The van der Waals surface area contributed by atoms with Crippen molar-refractivity contribution < 1.29 is 0 Å². The van der Waals surface area contributed by atoms with Crippen molar-refractivity contribution in [1.82, 2.24) is 0 Å². The molecule has 1 nitrogen and oxygen atoms in total. The Morgan fingerprint density at radius 3 is 1.55 bits per heavy atom. The van der Waals surface area contributed by atoms with Crippen molar-refractivity contribution in [3.63, 3.8) is 0 Å². The van der Waals surface area contributed by atoms with Gasteiger partial charge < -0.3 is 4.90 Å². The summed E-state index contributed by atoms with van der Waals surface area (Å²) in [4.78, 5) is 2.40. The zero-order valence-corrected chi connectivity index (χ0v) is 30.3. The minimum Gasteiger partial charge on any atom is -0.310 e. The summed E-state index contributed by atoms with van der Waals surface area (Å²) >= 11 is 0. The Balaban J connectivity index is 1.15. The maximum Gasteiger partial charge on any atom is 0.0468 e. The lowest BCUT2D eigenvalue weighted by Gasteiger charge is -2.27. The first-order valence-corrected chi connectivity index (χ1v) is 18.9. The van der Waals surface area contributed by atoms with Crippen LogP contribution >= 0.6 is 0 Å². The van der Waals surface area contributed by atoms with Crippen LogP contribution in [0.15, 0.2) is 224 Å². The van der Waals surface area contributed by atoms with Crippen LogP contribution in [0.4, 0.5) is 17.1 Å². The summed E-state index contributed by atoms with van der Waals surface area (Å²) in [6, 6.07) is 81.5. The molecule has 0 fully saturated rings. The number of nitrogens with zero attached hydrogens (tertiary/aromatic N) is 1. The molecule has 0 aromatic heterocycles. The van der Waals surface area contributed by atoms with E-state index in [1.807, 2.05) is 0 Å². The van der Waals surface area contributed by atoms with Crippen LogP contribution in [0.2, 0.25) is 0 Å². The van der Waals surface area contributed by atoms with Gasteiger partial charge in [-0.05, 0) is 125 Å².